The number of ether oxygens (including phenoxy) is 8. The number of unbranched alkanes of at least 4 members (excludes halogenated alkanes) is 1. The molecule has 316 valence electrons. The van der Waals surface area contributed by atoms with Gasteiger partial charge < -0.3 is 54.3 Å². The summed E-state index contributed by atoms with van der Waals surface area (Å²) < 4.78 is 43.9. The normalized spacial score (nSPS) is 11.7. The van der Waals surface area contributed by atoms with Gasteiger partial charge in [0.25, 0.3) is 5.91 Å². The number of primary amides is 1. The molecule has 0 aliphatic heterocycles. The van der Waals surface area contributed by atoms with Crippen LogP contribution in [0.15, 0.2) is 23.4 Å². The van der Waals surface area contributed by atoms with Crippen LogP contribution in [0.1, 0.15) is 76.6 Å². The van der Waals surface area contributed by atoms with Crippen molar-refractivity contribution < 1.29 is 52.3 Å². The molecule has 0 radical (unpaired) electrons. The van der Waals surface area contributed by atoms with E-state index in [2.05, 4.69) is 40.0 Å². The molecule has 1 atom stereocenters. The van der Waals surface area contributed by atoms with Crippen LogP contribution in [-0.2, 0) is 47.5 Å². The van der Waals surface area contributed by atoms with Crippen LogP contribution in [0.2, 0.25) is 0 Å². The molecule has 0 bridgehead atoms. The van der Waals surface area contributed by atoms with Crippen molar-refractivity contribution in [2.45, 2.75) is 72.3 Å². The van der Waals surface area contributed by atoms with E-state index in [9.17, 15) is 14.4 Å². The first kappa shape index (κ1) is 49.7. The molecule has 0 spiro atoms. The first-order valence-electron chi connectivity index (χ1n) is 19.4. The standard InChI is InChI=1S/C38H68N6O11/c1-31(2)8-7-14-48-16-18-50-20-22-52-24-26-54-28-29-55-27-25-53-23-21-51-19-17-49-15-12-36(45)42-34(37(39)46)9-5-6-13-40-38(47)33-10-11-35(41-30-33)44-43-32(3)4/h10-11,30-31,34H,5-9,12-29H2,1-4H3,(H2,39,46)(H,40,47)(H,41,44)(H,42,45)/t34-/m0/s1. The second-order valence-corrected chi connectivity index (χ2v) is 13.1. The minimum atomic E-state index is -0.800. The molecule has 5 N–H and O–H groups in total. The lowest BCUT2D eigenvalue weighted by Gasteiger charge is -2.15. The molecule has 1 aromatic rings. The monoisotopic (exact) mass is 784 g/mol. The molecular formula is C38H68N6O11. The van der Waals surface area contributed by atoms with E-state index in [0.29, 0.717) is 136 Å². The second-order valence-electron chi connectivity index (χ2n) is 13.1. The Kier molecular flexibility index (Phi) is 31.8. The van der Waals surface area contributed by atoms with Crippen molar-refractivity contribution in [1.29, 1.82) is 0 Å². The molecule has 0 saturated carbocycles. The Morgan fingerprint density at radius 2 is 1.16 bits per heavy atom. The van der Waals surface area contributed by atoms with Crippen molar-refractivity contribution in [3.8, 4) is 0 Å². The molecular weight excluding hydrogens is 716 g/mol. The maximum absolute atomic E-state index is 12.3. The molecule has 1 heterocycles. The zero-order valence-corrected chi connectivity index (χ0v) is 33.6. The van der Waals surface area contributed by atoms with Crippen LogP contribution in [0.3, 0.4) is 0 Å². The van der Waals surface area contributed by atoms with Gasteiger partial charge in [-0.05, 0) is 64.0 Å². The Bertz CT molecular complexity index is 1140. The predicted molar refractivity (Wildman–Crippen MR) is 209 cm³/mol. The van der Waals surface area contributed by atoms with Gasteiger partial charge in [0.1, 0.15) is 11.9 Å². The average molecular weight is 785 g/mol. The zero-order valence-electron chi connectivity index (χ0n) is 33.6. The van der Waals surface area contributed by atoms with Gasteiger partial charge >= 0.3 is 0 Å². The largest absolute Gasteiger partial charge is 0.379 e. The summed E-state index contributed by atoms with van der Waals surface area (Å²) in [5.74, 6) is 0.0462. The van der Waals surface area contributed by atoms with Crippen LogP contribution in [0, 0.1) is 5.92 Å². The smallest absolute Gasteiger partial charge is 0.252 e. The summed E-state index contributed by atoms with van der Waals surface area (Å²) in [6, 6.07) is 2.52. The average Bonchev–Trinajstić information content (AvgIpc) is 3.16. The lowest BCUT2D eigenvalue weighted by atomic mass is 10.1. The second kappa shape index (κ2) is 35.1. The summed E-state index contributed by atoms with van der Waals surface area (Å²) in [5.41, 5.74) is 9.55. The SMILES string of the molecule is CC(C)=NNc1ccc(C(=O)NCCCC[C@H](NC(=O)CCOCCOCCOCCOCCOCCOCCOCCOCCCC(C)C)C(N)=O)cn1. The molecule has 55 heavy (non-hydrogen) atoms. The number of rotatable bonds is 38. The molecule has 17 heteroatoms. The van der Waals surface area contributed by atoms with Crippen LogP contribution in [0.5, 0.6) is 0 Å². The molecule has 0 aliphatic rings. The summed E-state index contributed by atoms with van der Waals surface area (Å²) in [7, 11) is 0. The number of carbonyl (C=O) groups excluding carboxylic acids is 3. The number of nitrogens with one attached hydrogen (secondary N) is 3. The Labute approximate surface area is 327 Å². The highest BCUT2D eigenvalue weighted by Gasteiger charge is 2.17. The number of nitrogens with two attached hydrogens (primary N) is 1. The fourth-order valence-electron chi connectivity index (χ4n) is 4.49. The fraction of sp³-hybridized carbons (Fsp3) is 0.763. The number of amides is 3. The highest BCUT2D eigenvalue weighted by atomic mass is 16.6. The van der Waals surface area contributed by atoms with Gasteiger partial charge in [-0.1, -0.05) is 13.8 Å². The van der Waals surface area contributed by atoms with Crippen LogP contribution >= 0.6 is 0 Å². The van der Waals surface area contributed by atoms with Crippen molar-refractivity contribution in [3.63, 3.8) is 0 Å². The first-order chi connectivity index (χ1) is 26.7. The van der Waals surface area contributed by atoms with Gasteiger partial charge in [-0.25, -0.2) is 4.98 Å². The van der Waals surface area contributed by atoms with E-state index in [1.165, 1.54) is 12.6 Å². The molecule has 0 saturated heterocycles. The van der Waals surface area contributed by atoms with Gasteiger partial charge in [-0.3, -0.25) is 19.8 Å². The molecule has 0 unspecified atom stereocenters. The van der Waals surface area contributed by atoms with E-state index < -0.39 is 11.9 Å². The van der Waals surface area contributed by atoms with Crippen molar-refractivity contribution in [3.05, 3.63) is 23.9 Å². The van der Waals surface area contributed by atoms with E-state index in [1.54, 1.807) is 12.1 Å². The maximum Gasteiger partial charge on any atom is 0.252 e. The summed E-state index contributed by atoms with van der Waals surface area (Å²) in [4.78, 5) is 40.6. The number of carbonyl (C=O) groups is 3. The summed E-state index contributed by atoms with van der Waals surface area (Å²) >= 11 is 0. The number of nitrogens with zero attached hydrogens (tertiary/aromatic N) is 2. The maximum atomic E-state index is 12.3. The van der Waals surface area contributed by atoms with Gasteiger partial charge in [-0.2, -0.15) is 5.10 Å². The number of anilines is 1. The van der Waals surface area contributed by atoms with Gasteiger partial charge in [0.2, 0.25) is 11.8 Å². The van der Waals surface area contributed by atoms with Crippen LogP contribution in [-0.4, -0.2) is 147 Å². The first-order valence-corrected chi connectivity index (χ1v) is 19.4. The van der Waals surface area contributed by atoms with Crippen molar-refractivity contribution in [2.75, 3.05) is 118 Å². The van der Waals surface area contributed by atoms with E-state index in [-0.39, 0.29) is 24.8 Å². The van der Waals surface area contributed by atoms with E-state index in [1.807, 2.05) is 13.8 Å². The lowest BCUT2D eigenvalue weighted by molar-refractivity contribution is -0.128. The van der Waals surface area contributed by atoms with E-state index >= 15 is 0 Å². The zero-order chi connectivity index (χ0) is 40.2. The minimum Gasteiger partial charge on any atom is -0.379 e. The van der Waals surface area contributed by atoms with Crippen molar-refractivity contribution in [1.82, 2.24) is 15.6 Å². The molecule has 3 amide bonds. The molecule has 1 rings (SSSR count). The summed E-state index contributed by atoms with van der Waals surface area (Å²) in [5, 5.41) is 9.54. The fourth-order valence-corrected chi connectivity index (χ4v) is 4.49. The van der Waals surface area contributed by atoms with E-state index in [0.717, 1.165) is 18.7 Å². The van der Waals surface area contributed by atoms with Gasteiger partial charge in [0.15, 0.2) is 0 Å². The van der Waals surface area contributed by atoms with E-state index in [4.69, 9.17) is 43.6 Å². The van der Waals surface area contributed by atoms with Crippen LogP contribution in [0.4, 0.5) is 5.82 Å². The number of hydrogen-bond acceptors (Lipinski definition) is 14. The highest BCUT2D eigenvalue weighted by Crippen LogP contribution is 2.06. The Hall–Kier alpha value is -3.29. The van der Waals surface area contributed by atoms with Crippen LogP contribution in [0.25, 0.3) is 0 Å². The molecule has 0 aromatic carbocycles. The molecule has 0 fully saturated rings. The third-order valence-electron chi connectivity index (χ3n) is 7.45. The Morgan fingerprint density at radius 1 is 0.673 bits per heavy atom. The predicted octanol–water partition coefficient (Wildman–Crippen LogP) is 2.72. The Balaban J connectivity index is 1.88. The minimum absolute atomic E-state index is 0.0828. The third kappa shape index (κ3) is 31.6. The Morgan fingerprint density at radius 3 is 1.60 bits per heavy atom. The highest BCUT2D eigenvalue weighted by molar-refractivity contribution is 5.94. The summed E-state index contributed by atoms with van der Waals surface area (Å²) in [6.45, 7) is 16.1. The van der Waals surface area contributed by atoms with Crippen LogP contribution < -0.4 is 21.8 Å². The van der Waals surface area contributed by atoms with Gasteiger partial charge in [0.05, 0.1) is 105 Å². The quantitative estimate of drug-likeness (QED) is 0.0432. The molecule has 0 aliphatic carbocycles. The topological polar surface area (TPSA) is 212 Å². The number of hydrazone groups is 1. The van der Waals surface area contributed by atoms with Crippen molar-refractivity contribution in [2.24, 2.45) is 16.8 Å². The van der Waals surface area contributed by atoms with Gasteiger partial charge in [-0.15, -0.1) is 0 Å². The number of pyridine rings is 1. The molecule has 17 nitrogen and oxygen atoms in total. The number of aromatic nitrogens is 1. The molecule has 1 aromatic heterocycles. The lowest BCUT2D eigenvalue weighted by Crippen LogP contribution is -2.44. The number of hydrogen-bond donors (Lipinski definition) is 4. The summed E-state index contributed by atoms with van der Waals surface area (Å²) in [6.07, 6.45) is 5.36. The van der Waals surface area contributed by atoms with Crippen molar-refractivity contribution >= 4 is 29.3 Å². The third-order valence-corrected chi connectivity index (χ3v) is 7.45. The van der Waals surface area contributed by atoms with Gasteiger partial charge in [0, 0.05) is 31.5 Å².